The van der Waals surface area contributed by atoms with Crippen LogP contribution in [0.3, 0.4) is 0 Å². The van der Waals surface area contributed by atoms with Gasteiger partial charge in [-0.25, -0.2) is 13.4 Å². The third-order valence-corrected chi connectivity index (χ3v) is 8.96. The second kappa shape index (κ2) is 13.4. The van der Waals surface area contributed by atoms with Crippen molar-refractivity contribution >= 4 is 55.6 Å². The zero-order valence-corrected chi connectivity index (χ0v) is 25.4. The van der Waals surface area contributed by atoms with Crippen LogP contribution in [0.2, 0.25) is 5.02 Å². The van der Waals surface area contributed by atoms with E-state index in [0.717, 1.165) is 5.56 Å². The number of rotatable bonds is 13. The summed E-state index contributed by atoms with van der Waals surface area (Å²) in [6.45, 7) is 2.72. The number of nitrogens with zero attached hydrogens (tertiary/aromatic N) is 3. The van der Waals surface area contributed by atoms with E-state index in [2.05, 4.69) is 4.98 Å². The van der Waals surface area contributed by atoms with Gasteiger partial charge >= 0.3 is 5.97 Å². The third kappa shape index (κ3) is 7.50. The number of H-pyrrole nitrogens is 1. The molecule has 1 aromatic heterocycles. The fraction of sp³-hybridized carbons (Fsp3) is 0.290. The lowest BCUT2D eigenvalue weighted by Crippen LogP contribution is -2.38. The molecule has 1 heterocycles. The van der Waals surface area contributed by atoms with Crippen molar-refractivity contribution in [2.75, 3.05) is 37.2 Å². The molecule has 0 saturated heterocycles. The number of benzene rings is 3. The first-order valence-electron chi connectivity index (χ1n) is 13.6. The first-order valence-corrected chi connectivity index (χ1v) is 15.6. The summed E-state index contributed by atoms with van der Waals surface area (Å²) in [5.74, 6) is -0.924. The largest absolute Gasteiger partial charge is 0.494 e. The number of fused-ring (bicyclic) bond motifs is 1. The summed E-state index contributed by atoms with van der Waals surface area (Å²) in [5.41, 5.74) is 4.18. The number of carboxylic acid groups (broad SMARTS) is 1. The predicted molar refractivity (Wildman–Crippen MR) is 169 cm³/mol. The van der Waals surface area contributed by atoms with Crippen LogP contribution in [0.15, 0.2) is 71.7 Å². The van der Waals surface area contributed by atoms with Crippen LogP contribution >= 0.6 is 11.6 Å². The number of aliphatic imine (C=N–C) groups is 1. The maximum absolute atomic E-state index is 13.1. The number of aliphatic carboxylic acids is 1. The van der Waals surface area contributed by atoms with Crippen molar-refractivity contribution < 1.29 is 23.4 Å². The summed E-state index contributed by atoms with van der Waals surface area (Å²) in [6, 6.07) is 19.6. The quantitative estimate of drug-likeness (QED) is 0.164. The molecule has 42 heavy (non-hydrogen) atoms. The van der Waals surface area contributed by atoms with Gasteiger partial charge in [-0.1, -0.05) is 42.8 Å². The Morgan fingerprint density at radius 3 is 2.43 bits per heavy atom. The Labute approximate surface area is 251 Å². The lowest BCUT2D eigenvalue weighted by molar-refractivity contribution is -0.136. The summed E-state index contributed by atoms with van der Waals surface area (Å²) >= 11 is 6.19. The van der Waals surface area contributed by atoms with Crippen LogP contribution in [0.1, 0.15) is 36.5 Å². The minimum Gasteiger partial charge on any atom is -0.494 e. The predicted octanol–water partition coefficient (Wildman–Crippen LogP) is 5.82. The van der Waals surface area contributed by atoms with Crippen LogP contribution in [0.4, 0.5) is 11.4 Å². The number of aromatic nitrogens is 1. The molecule has 0 saturated carbocycles. The molecule has 222 valence electrons. The van der Waals surface area contributed by atoms with Gasteiger partial charge < -0.3 is 20.1 Å². The second-order valence-corrected chi connectivity index (χ2v) is 12.8. The highest BCUT2D eigenvalue weighted by atomic mass is 35.5. The fourth-order valence-corrected chi connectivity index (χ4v) is 6.41. The standard InChI is InChI=1S/C31H35ClN4O5S/c1-4-18-42(40,41)36(17-16-35(2)3)25-12-10-24(11-13-25)33-30(22-7-5-6-21(19-22)8-15-28(37)38)29-26-14-9-23(32)20-27(26)34-31(29)39/h5-7,9-14,19-20,34,39H,4,8,15-18H2,1-3H3,(H,37,38). The molecule has 9 nitrogen and oxygen atoms in total. The Bertz CT molecular complexity index is 1700. The molecule has 0 radical (unpaired) electrons. The van der Waals surface area contributed by atoms with E-state index in [1.165, 1.54) is 4.31 Å². The van der Waals surface area contributed by atoms with Gasteiger partial charge in [0, 0.05) is 35.5 Å². The molecule has 0 amide bonds. The lowest BCUT2D eigenvalue weighted by Gasteiger charge is -2.26. The topological polar surface area (TPSA) is 126 Å². The fourth-order valence-electron chi connectivity index (χ4n) is 4.70. The molecule has 0 atom stereocenters. The Morgan fingerprint density at radius 1 is 1.02 bits per heavy atom. The van der Waals surface area contributed by atoms with Crippen molar-refractivity contribution in [3.8, 4) is 5.88 Å². The Hall–Kier alpha value is -3.86. The molecule has 0 aliphatic rings. The Balaban J connectivity index is 1.81. The van der Waals surface area contributed by atoms with Gasteiger partial charge in [-0.15, -0.1) is 0 Å². The molecule has 0 bridgehead atoms. The summed E-state index contributed by atoms with van der Waals surface area (Å²) < 4.78 is 27.6. The van der Waals surface area contributed by atoms with E-state index in [0.29, 0.717) is 70.1 Å². The van der Waals surface area contributed by atoms with Crippen LogP contribution in [0.25, 0.3) is 10.9 Å². The third-order valence-electron chi connectivity index (χ3n) is 6.73. The zero-order chi connectivity index (χ0) is 30.4. The van der Waals surface area contributed by atoms with Gasteiger partial charge in [0.2, 0.25) is 10.0 Å². The number of likely N-dealkylation sites (N-methyl/N-ethyl adjacent to an activating group) is 1. The highest BCUT2D eigenvalue weighted by Gasteiger charge is 2.23. The molecule has 4 rings (SSSR count). The van der Waals surface area contributed by atoms with Gasteiger partial charge in [-0.3, -0.25) is 9.10 Å². The van der Waals surface area contributed by atoms with Gasteiger partial charge in [-0.2, -0.15) is 0 Å². The van der Waals surface area contributed by atoms with Crippen LogP contribution in [-0.2, 0) is 21.2 Å². The van der Waals surface area contributed by atoms with E-state index in [9.17, 15) is 18.3 Å². The van der Waals surface area contributed by atoms with E-state index in [1.807, 2.05) is 50.2 Å². The number of nitrogens with one attached hydrogen (secondary N) is 1. The minimum atomic E-state index is -3.50. The van der Waals surface area contributed by atoms with Crippen LogP contribution in [0, 0.1) is 0 Å². The maximum atomic E-state index is 13.1. The molecule has 11 heteroatoms. The molecule has 0 aliphatic carbocycles. The number of sulfonamides is 1. The van der Waals surface area contributed by atoms with Gasteiger partial charge in [0.25, 0.3) is 0 Å². The van der Waals surface area contributed by atoms with E-state index in [1.54, 1.807) is 42.5 Å². The monoisotopic (exact) mass is 610 g/mol. The molecule has 3 N–H and O–H groups in total. The van der Waals surface area contributed by atoms with E-state index in [-0.39, 0.29) is 18.1 Å². The number of aromatic amines is 1. The second-order valence-electron chi connectivity index (χ2n) is 10.3. The number of carbonyl (C=O) groups is 1. The number of aryl methyl sites for hydroxylation is 1. The van der Waals surface area contributed by atoms with Crippen molar-refractivity contribution in [2.45, 2.75) is 26.2 Å². The average molecular weight is 611 g/mol. The number of anilines is 1. The molecule has 0 fully saturated rings. The highest BCUT2D eigenvalue weighted by molar-refractivity contribution is 7.92. The SMILES string of the molecule is CCCS(=O)(=O)N(CCN(C)C)c1ccc(N=C(c2cccc(CCC(=O)O)c2)c2c(O)[nH]c3cc(Cl)ccc23)cc1. The van der Waals surface area contributed by atoms with E-state index < -0.39 is 16.0 Å². The molecule has 0 aliphatic heterocycles. The van der Waals surface area contributed by atoms with Crippen molar-refractivity contribution in [3.05, 3.63) is 88.4 Å². The smallest absolute Gasteiger partial charge is 0.303 e. The number of carboxylic acids is 1. The summed E-state index contributed by atoms with van der Waals surface area (Å²) in [4.78, 5) is 21.0. The van der Waals surface area contributed by atoms with Crippen molar-refractivity contribution in [2.24, 2.45) is 4.99 Å². The Kier molecular flexibility index (Phi) is 9.93. The lowest BCUT2D eigenvalue weighted by atomic mass is 9.97. The normalized spacial score (nSPS) is 12.3. The van der Waals surface area contributed by atoms with E-state index in [4.69, 9.17) is 21.7 Å². The van der Waals surface area contributed by atoms with Gasteiger partial charge in [0.1, 0.15) is 0 Å². The van der Waals surface area contributed by atoms with Crippen LogP contribution < -0.4 is 4.31 Å². The summed E-state index contributed by atoms with van der Waals surface area (Å²) in [5, 5.41) is 21.4. The van der Waals surface area contributed by atoms with Crippen molar-refractivity contribution in [3.63, 3.8) is 0 Å². The molecule has 0 spiro atoms. The zero-order valence-electron chi connectivity index (χ0n) is 23.8. The number of aromatic hydroxyl groups is 1. The van der Waals surface area contributed by atoms with Crippen LogP contribution in [0.5, 0.6) is 5.88 Å². The van der Waals surface area contributed by atoms with Crippen molar-refractivity contribution in [1.29, 1.82) is 0 Å². The maximum Gasteiger partial charge on any atom is 0.303 e. The summed E-state index contributed by atoms with van der Waals surface area (Å²) in [6.07, 6.45) is 0.840. The Morgan fingerprint density at radius 2 is 1.76 bits per heavy atom. The highest BCUT2D eigenvalue weighted by Crippen LogP contribution is 2.33. The number of hydrogen-bond acceptors (Lipinski definition) is 6. The van der Waals surface area contributed by atoms with Crippen LogP contribution in [-0.4, -0.2) is 73.1 Å². The molecule has 0 unspecified atom stereocenters. The molecule has 3 aromatic carbocycles. The molecular weight excluding hydrogens is 576 g/mol. The minimum absolute atomic E-state index is 0.0144. The van der Waals surface area contributed by atoms with Gasteiger partial charge in [0.05, 0.1) is 33.9 Å². The molecular formula is C31H35ClN4O5S. The van der Waals surface area contributed by atoms with Gasteiger partial charge in [0.15, 0.2) is 5.88 Å². The number of halogens is 1. The van der Waals surface area contributed by atoms with Crippen molar-refractivity contribution in [1.82, 2.24) is 9.88 Å². The first kappa shape index (κ1) is 31.1. The molecule has 4 aromatic rings. The summed E-state index contributed by atoms with van der Waals surface area (Å²) in [7, 11) is 0.291. The average Bonchev–Trinajstić information content (AvgIpc) is 3.25. The first-order chi connectivity index (χ1) is 20.0. The van der Waals surface area contributed by atoms with E-state index >= 15 is 0 Å². The number of hydrogen-bond donors (Lipinski definition) is 3. The van der Waals surface area contributed by atoms with Gasteiger partial charge in [-0.05, 0) is 75.0 Å².